The first kappa shape index (κ1) is 17.3. The van der Waals surface area contributed by atoms with Gasteiger partial charge in [-0.2, -0.15) is 0 Å². The second-order valence-electron chi connectivity index (χ2n) is 5.27. The van der Waals surface area contributed by atoms with Crippen LogP contribution in [0.25, 0.3) is 11.1 Å². The number of hydrogen-bond acceptors (Lipinski definition) is 2. The zero-order valence-corrected chi connectivity index (χ0v) is 13.4. The predicted molar refractivity (Wildman–Crippen MR) is 92.2 cm³/mol. The van der Waals surface area contributed by atoms with Crippen LogP contribution in [0.15, 0.2) is 42.5 Å². The van der Waals surface area contributed by atoms with Crippen LogP contribution in [0.3, 0.4) is 0 Å². The number of carboxylic acids is 2. The molecule has 0 fully saturated rings. The van der Waals surface area contributed by atoms with E-state index in [0.29, 0.717) is 12.0 Å². The number of carbonyl (C=O) groups is 2. The summed E-state index contributed by atoms with van der Waals surface area (Å²) in [5.41, 5.74) is 2.37. The van der Waals surface area contributed by atoms with Gasteiger partial charge in [0.2, 0.25) is 0 Å². The Hall–Kier alpha value is -3.06. The van der Waals surface area contributed by atoms with Crippen molar-refractivity contribution in [2.24, 2.45) is 0 Å². The number of rotatable bonds is 5. The van der Waals surface area contributed by atoms with Crippen LogP contribution in [-0.2, 0) is 6.42 Å². The molecule has 2 aromatic carbocycles. The minimum atomic E-state index is -1.15. The maximum atomic E-state index is 11.3. The molecule has 122 valence electrons. The van der Waals surface area contributed by atoms with Crippen LogP contribution >= 0.6 is 0 Å². The number of carboxylic acid groups (broad SMARTS) is 2. The van der Waals surface area contributed by atoms with Crippen molar-refractivity contribution in [1.29, 1.82) is 0 Å². The summed E-state index contributed by atoms with van der Waals surface area (Å²) in [6.07, 6.45) is 2.24. The van der Waals surface area contributed by atoms with Gasteiger partial charge in [0.25, 0.3) is 0 Å². The van der Waals surface area contributed by atoms with Gasteiger partial charge in [-0.3, -0.25) is 0 Å². The van der Waals surface area contributed by atoms with Gasteiger partial charge < -0.3 is 10.2 Å². The second-order valence-corrected chi connectivity index (χ2v) is 5.27. The summed E-state index contributed by atoms with van der Waals surface area (Å²) >= 11 is 0. The zero-order chi connectivity index (χ0) is 17.5. The maximum Gasteiger partial charge on any atom is 0.335 e. The summed E-state index contributed by atoms with van der Waals surface area (Å²) < 4.78 is 0. The lowest BCUT2D eigenvalue weighted by Gasteiger charge is -2.10. The number of aromatic carboxylic acids is 2. The standard InChI is InChI=1S/C20H18O4/c1-2-3-4-5-8-14-9-6-7-10-18(14)15-11-16(19(21)22)13-17(12-15)20(23)24/h6-7,9-13H,2,5,8H2,1H3,(H,21,22)(H,23,24). The first-order chi connectivity index (χ1) is 11.5. The molecule has 0 saturated heterocycles. The molecular weight excluding hydrogens is 304 g/mol. The normalized spacial score (nSPS) is 9.88. The molecule has 0 saturated carbocycles. The van der Waals surface area contributed by atoms with Gasteiger partial charge in [0, 0.05) is 12.8 Å². The van der Waals surface area contributed by atoms with E-state index in [4.69, 9.17) is 0 Å². The molecule has 4 nitrogen and oxygen atoms in total. The van der Waals surface area contributed by atoms with Gasteiger partial charge in [0.05, 0.1) is 11.1 Å². The van der Waals surface area contributed by atoms with Crippen molar-refractivity contribution in [2.75, 3.05) is 0 Å². The minimum absolute atomic E-state index is 0.0366. The van der Waals surface area contributed by atoms with Crippen LogP contribution in [0.1, 0.15) is 46.0 Å². The van der Waals surface area contributed by atoms with Crippen LogP contribution < -0.4 is 0 Å². The fourth-order valence-electron chi connectivity index (χ4n) is 2.46. The Morgan fingerprint density at radius 3 is 2.17 bits per heavy atom. The Bertz CT molecular complexity index is 793. The Balaban J connectivity index is 2.47. The molecule has 24 heavy (non-hydrogen) atoms. The highest BCUT2D eigenvalue weighted by Gasteiger charge is 2.14. The van der Waals surface area contributed by atoms with Gasteiger partial charge in [-0.05, 0) is 41.3 Å². The van der Waals surface area contributed by atoms with Crippen molar-refractivity contribution in [3.05, 3.63) is 59.2 Å². The second kappa shape index (κ2) is 7.98. The zero-order valence-electron chi connectivity index (χ0n) is 13.4. The minimum Gasteiger partial charge on any atom is -0.478 e. The number of hydrogen-bond donors (Lipinski definition) is 2. The molecule has 0 spiro atoms. The number of benzene rings is 2. The first-order valence-corrected chi connectivity index (χ1v) is 7.68. The topological polar surface area (TPSA) is 74.6 Å². The maximum absolute atomic E-state index is 11.3. The highest BCUT2D eigenvalue weighted by molar-refractivity contribution is 5.96. The fraction of sp³-hybridized carbons (Fsp3) is 0.200. The van der Waals surface area contributed by atoms with Crippen molar-refractivity contribution in [3.63, 3.8) is 0 Å². The highest BCUT2D eigenvalue weighted by atomic mass is 16.4. The van der Waals surface area contributed by atoms with E-state index in [-0.39, 0.29) is 11.1 Å². The molecule has 2 aromatic rings. The summed E-state index contributed by atoms with van der Waals surface area (Å²) in [5.74, 6) is 3.81. The van der Waals surface area contributed by atoms with Crippen LogP contribution in [-0.4, -0.2) is 22.2 Å². The lowest BCUT2D eigenvalue weighted by molar-refractivity contribution is 0.0696. The average molecular weight is 322 g/mol. The molecule has 0 aliphatic carbocycles. The SMILES string of the molecule is CCC#CCCc1ccccc1-c1cc(C(=O)O)cc(C(=O)O)c1. The van der Waals surface area contributed by atoms with E-state index < -0.39 is 11.9 Å². The third kappa shape index (κ3) is 4.23. The summed E-state index contributed by atoms with van der Waals surface area (Å²) in [6.45, 7) is 1.99. The molecule has 0 aliphatic heterocycles. The lowest BCUT2D eigenvalue weighted by Crippen LogP contribution is -2.03. The fourth-order valence-corrected chi connectivity index (χ4v) is 2.46. The monoisotopic (exact) mass is 322 g/mol. The van der Waals surface area contributed by atoms with Crippen LogP contribution in [0.5, 0.6) is 0 Å². The molecule has 0 unspecified atom stereocenters. The third-order valence-electron chi connectivity index (χ3n) is 3.58. The summed E-state index contributed by atoms with van der Waals surface area (Å²) in [6, 6.07) is 11.8. The summed E-state index contributed by atoms with van der Waals surface area (Å²) in [7, 11) is 0. The van der Waals surface area contributed by atoms with Gasteiger partial charge in [-0.1, -0.05) is 31.2 Å². The Morgan fingerprint density at radius 1 is 0.958 bits per heavy atom. The Labute approximate surface area is 140 Å². The highest BCUT2D eigenvalue weighted by Crippen LogP contribution is 2.27. The molecule has 2 rings (SSSR count). The Morgan fingerprint density at radius 2 is 1.58 bits per heavy atom. The smallest absolute Gasteiger partial charge is 0.335 e. The van der Waals surface area contributed by atoms with Gasteiger partial charge in [-0.25, -0.2) is 9.59 Å². The molecule has 0 aliphatic rings. The third-order valence-corrected chi connectivity index (χ3v) is 3.58. The average Bonchev–Trinajstić information content (AvgIpc) is 2.58. The quantitative estimate of drug-likeness (QED) is 0.813. The van der Waals surface area contributed by atoms with Gasteiger partial charge in [0.15, 0.2) is 0 Å². The molecule has 0 amide bonds. The van der Waals surface area contributed by atoms with Crippen LogP contribution in [0.4, 0.5) is 0 Å². The Kier molecular flexibility index (Phi) is 5.75. The molecule has 0 heterocycles. The van der Waals surface area contributed by atoms with Crippen molar-refractivity contribution >= 4 is 11.9 Å². The van der Waals surface area contributed by atoms with E-state index in [1.807, 2.05) is 31.2 Å². The van der Waals surface area contributed by atoms with Gasteiger partial charge >= 0.3 is 11.9 Å². The van der Waals surface area contributed by atoms with Gasteiger partial charge in [-0.15, -0.1) is 11.8 Å². The predicted octanol–water partition coefficient (Wildman–Crippen LogP) is 4.10. The molecular formula is C20H18O4. The molecule has 2 N–H and O–H groups in total. The van der Waals surface area contributed by atoms with Crippen molar-refractivity contribution < 1.29 is 19.8 Å². The number of aryl methyl sites for hydroxylation is 1. The largest absolute Gasteiger partial charge is 0.478 e. The first-order valence-electron chi connectivity index (χ1n) is 7.68. The molecule has 0 atom stereocenters. The van der Waals surface area contributed by atoms with E-state index in [1.54, 1.807) is 0 Å². The van der Waals surface area contributed by atoms with Gasteiger partial charge in [0.1, 0.15) is 0 Å². The van der Waals surface area contributed by atoms with Crippen molar-refractivity contribution in [1.82, 2.24) is 0 Å². The summed E-state index contributed by atoms with van der Waals surface area (Å²) in [5, 5.41) is 18.4. The van der Waals surface area contributed by atoms with Crippen molar-refractivity contribution in [3.8, 4) is 23.0 Å². The molecule has 0 aromatic heterocycles. The van der Waals surface area contributed by atoms with Crippen molar-refractivity contribution in [2.45, 2.75) is 26.2 Å². The lowest BCUT2D eigenvalue weighted by atomic mass is 9.94. The molecule has 4 heteroatoms. The van der Waals surface area contributed by atoms with E-state index in [2.05, 4.69) is 11.8 Å². The van der Waals surface area contributed by atoms with E-state index in [0.717, 1.165) is 24.0 Å². The van der Waals surface area contributed by atoms with E-state index >= 15 is 0 Å². The summed E-state index contributed by atoms with van der Waals surface area (Å²) in [4.78, 5) is 22.6. The van der Waals surface area contributed by atoms with Crippen LogP contribution in [0, 0.1) is 11.8 Å². The molecule has 0 bridgehead atoms. The molecule has 0 radical (unpaired) electrons. The van der Waals surface area contributed by atoms with Crippen LogP contribution in [0.2, 0.25) is 0 Å². The van der Waals surface area contributed by atoms with E-state index in [1.165, 1.54) is 18.2 Å². The van der Waals surface area contributed by atoms with E-state index in [9.17, 15) is 19.8 Å².